The Kier molecular flexibility index (Phi) is 5.24. The maximum Gasteiger partial charge on any atom is 0.308 e. The van der Waals surface area contributed by atoms with Gasteiger partial charge in [0.05, 0.1) is 23.2 Å². The van der Waals surface area contributed by atoms with E-state index in [2.05, 4.69) is 5.32 Å². The minimum Gasteiger partial charge on any atom is -0.466 e. The Balaban J connectivity index is 1.99. The van der Waals surface area contributed by atoms with E-state index < -0.39 is 5.82 Å². The molecule has 1 aromatic rings. The predicted molar refractivity (Wildman–Crippen MR) is 77.4 cm³/mol. The van der Waals surface area contributed by atoms with Gasteiger partial charge in [-0.05, 0) is 38.3 Å². The zero-order chi connectivity index (χ0) is 14.5. The van der Waals surface area contributed by atoms with Gasteiger partial charge in [0.25, 0.3) is 0 Å². The van der Waals surface area contributed by atoms with E-state index in [-0.39, 0.29) is 23.0 Å². The van der Waals surface area contributed by atoms with Crippen LogP contribution in [-0.2, 0) is 9.53 Å². The summed E-state index contributed by atoms with van der Waals surface area (Å²) in [6, 6.07) is 4.96. The first-order valence-corrected chi connectivity index (χ1v) is 7.36. The van der Waals surface area contributed by atoms with Crippen molar-refractivity contribution in [1.29, 1.82) is 0 Å². The van der Waals surface area contributed by atoms with Crippen molar-refractivity contribution in [2.75, 3.05) is 11.9 Å². The largest absolute Gasteiger partial charge is 0.466 e. The van der Waals surface area contributed by atoms with Gasteiger partial charge in [0, 0.05) is 6.04 Å². The van der Waals surface area contributed by atoms with Crippen molar-refractivity contribution in [3.63, 3.8) is 0 Å². The van der Waals surface area contributed by atoms with E-state index >= 15 is 0 Å². The maximum absolute atomic E-state index is 13.8. The van der Waals surface area contributed by atoms with Gasteiger partial charge in [-0.25, -0.2) is 4.39 Å². The van der Waals surface area contributed by atoms with Crippen LogP contribution in [0, 0.1) is 11.7 Å². The number of rotatable bonds is 4. The Hall–Kier alpha value is -1.29. The molecule has 1 fully saturated rings. The number of nitrogens with one attached hydrogen (secondary N) is 1. The second kappa shape index (κ2) is 6.93. The fourth-order valence-electron chi connectivity index (χ4n) is 2.63. The van der Waals surface area contributed by atoms with Crippen molar-refractivity contribution < 1.29 is 13.9 Å². The summed E-state index contributed by atoms with van der Waals surface area (Å²) in [4.78, 5) is 11.8. The highest BCUT2D eigenvalue weighted by Crippen LogP contribution is 2.29. The molecule has 1 aliphatic rings. The van der Waals surface area contributed by atoms with Crippen LogP contribution in [0.4, 0.5) is 10.1 Å². The summed E-state index contributed by atoms with van der Waals surface area (Å²) in [6.45, 7) is 2.20. The summed E-state index contributed by atoms with van der Waals surface area (Å²) in [5, 5.41) is 3.25. The molecule has 0 aliphatic heterocycles. The van der Waals surface area contributed by atoms with E-state index in [1.165, 1.54) is 6.07 Å². The molecule has 0 radical (unpaired) electrons. The summed E-state index contributed by atoms with van der Waals surface area (Å²) in [7, 11) is 0. The number of anilines is 1. The van der Waals surface area contributed by atoms with Crippen LogP contribution in [0.25, 0.3) is 0 Å². The second-order valence-electron chi connectivity index (χ2n) is 5.06. The van der Waals surface area contributed by atoms with Crippen LogP contribution in [0.2, 0.25) is 5.02 Å². The zero-order valence-corrected chi connectivity index (χ0v) is 12.3. The quantitative estimate of drug-likeness (QED) is 0.854. The molecule has 0 bridgehead atoms. The lowest BCUT2D eigenvalue weighted by Crippen LogP contribution is -2.32. The number of carbonyl (C=O) groups excluding carboxylic acids is 1. The number of carbonyl (C=O) groups is 1. The van der Waals surface area contributed by atoms with E-state index in [0.29, 0.717) is 18.7 Å². The summed E-state index contributed by atoms with van der Waals surface area (Å²) in [5.74, 6) is -0.679. The number of esters is 1. The SMILES string of the molecule is CCOC(=O)C1CCCC(Nc2cccc(Cl)c2F)C1. The topological polar surface area (TPSA) is 38.3 Å². The minimum absolute atomic E-state index is 0.0751. The molecule has 0 saturated heterocycles. The van der Waals surface area contributed by atoms with Crippen LogP contribution in [0.15, 0.2) is 18.2 Å². The molecule has 5 heteroatoms. The molecular formula is C15H19ClFNO2. The standard InChI is InChI=1S/C15H19ClFNO2/c1-2-20-15(19)10-5-3-6-11(9-10)18-13-8-4-7-12(16)14(13)17/h4,7-8,10-11,18H,2-3,5-6,9H2,1H3. The molecule has 110 valence electrons. The average Bonchev–Trinajstić information content (AvgIpc) is 2.44. The minimum atomic E-state index is -0.438. The van der Waals surface area contributed by atoms with Crippen LogP contribution in [-0.4, -0.2) is 18.6 Å². The molecule has 3 nitrogen and oxygen atoms in total. The Labute approximate surface area is 123 Å². The summed E-state index contributed by atoms with van der Waals surface area (Å²) >= 11 is 5.76. The molecular weight excluding hydrogens is 281 g/mol. The second-order valence-corrected chi connectivity index (χ2v) is 5.47. The van der Waals surface area contributed by atoms with Gasteiger partial charge in [-0.3, -0.25) is 4.79 Å². The first-order valence-electron chi connectivity index (χ1n) is 6.99. The average molecular weight is 300 g/mol. The molecule has 1 aliphatic carbocycles. The van der Waals surface area contributed by atoms with E-state index in [9.17, 15) is 9.18 Å². The first-order chi connectivity index (χ1) is 9.61. The Morgan fingerprint density at radius 1 is 1.50 bits per heavy atom. The van der Waals surface area contributed by atoms with Crippen molar-refractivity contribution in [3.8, 4) is 0 Å². The van der Waals surface area contributed by atoms with Gasteiger partial charge in [0.15, 0.2) is 5.82 Å². The first kappa shape index (κ1) is 15.1. The summed E-state index contributed by atoms with van der Waals surface area (Å²) in [5.41, 5.74) is 0.395. The summed E-state index contributed by atoms with van der Waals surface area (Å²) < 4.78 is 18.9. The van der Waals surface area contributed by atoms with Gasteiger partial charge in [0.1, 0.15) is 0 Å². The zero-order valence-electron chi connectivity index (χ0n) is 11.5. The van der Waals surface area contributed by atoms with E-state index in [0.717, 1.165) is 19.3 Å². The fourth-order valence-corrected chi connectivity index (χ4v) is 2.80. The van der Waals surface area contributed by atoms with Gasteiger partial charge in [0.2, 0.25) is 0 Å². The Bertz CT molecular complexity index is 481. The van der Waals surface area contributed by atoms with Crippen molar-refractivity contribution >= 4 is 23.3 Å². The lowest BCUT2D eigenvalue weighted by molar-refractivity contribution is -0.149. The van der Waals surface area contributed by atoms with Gasteiger partial charge in [-0.15, -0.1) is 0 Å². The van der Waals surface area contributed by atoms with Crippen molar-refractivity contribution in [3.05, 3.63) is 29.0 Å². The molecule has 0 aromatic heterocycles. The normalized spacial score (nSPS) is 22.4. The molecule has 20 heavy (non-hydrogen) atoms. The summed E-state index contributed by atoms with van der Waals surface area (Å²) in [6.07, 6.45) is 3.37. The molecule has 0 spiro atoms. The van der Waals surface area contributed by atoms with E-state index in [4.69, 9.17) is 16.3 Å². The molecule has 2 rings (SSSR count). The number of halogens is 2. The smallest absolute Gasteiger partial charge is 0.308 e. The number of benzene rings is 1. The Morgan fingerprint density at radius 3 is 3.05 bits per heavy atom. The third kappa shape index (κ3) is 3.63. The van der Waals surface area contributed by atoms with Crippen LogP contribution >= 0.6 is 11.6 Å². The molecule has 2 unspecified atom stereocenters. The Morgan fingerprint density at radius 2 is 2.30 bits per heavy atom. The third-order valence-electron chi connectivity index (χ3n) is 3.61. The fraction of sp³-hybridized carbons (Fsp3) is 0.533. The van der Waals surface area contributed by atoms with Crippen LogP contribution in [0.1, 0.15) is 32.6 Å². The molecule has 1 N–H and O–H groups in total. The van der Waals surface area contributed by atoms with Crippen molar-refractivity contribution in [2.24, 2.45) is 5.92 Å². The lowest BCUT2D eigenvalue weighted by atomic mass is 9.85. The number of hydrogen-bond donors (Lipinski definition) is 1. The number of ether oxygens (including phenoxy) is 1. The van der Waals surface area contributed by atoms with Gasteiger partial charge in [-0.1, -0.05) is 24.1 Å². The van der Waals surface area contributed by atoms with Crippen LogP contribution < -0.4 is 5.32 Å². The van der Waals surface area contributed by atoms with Gasteiger partial charge < -0.3 is 10.1 Å². The van der Waals surface area contributed by atoms with E-state index in [1.807, 2.05) is 0 Å². The van der Waals surface area contributed by atoms with Crippen LogP contribution in [0.5, 0.6) is 0 Å². The molecule has 0 heterocycles. The monoisotopic (exact) mass is 299 g/mol. The van der Waals surface area contributed by atoms with Crippen molar-refractivity contribution in [1.82, 2.24) is 0 Å². The van der Waals surface area contributed by atoms with Crippen LogP contribution in [0.3, 0.4) is 0 Å². The van der Waals surface area contributed by atoms with Gasteiger partial charge >= 0.3 is 5.97 Å². The number of hydrogen-bond acceptors (Lipinski definition) is 3. The lowest BCUT2D eigenvalue weighted by Gasteiger charge is -2.29. The molecule has 1 saturated carbocycles. The highest BCUT2D eigenvalue weighted by atomic mass is 35.5. The molecule has 1 aromatic carbocycles. The highest BCUT2D eigenvalue weighted by Gasteiger charge is 2.28. The predicted octanol–water partition coefficient (Wildman–Crippen LogP) is 4.01. The molecule has 0 amide bonds. The highest BCUT2D eigenvalue weighted by molar-refractivity contribution is 6.31. The van der Waals surface area contributed by atoms with E-state index in [1.54, 1.807) is 19.1 Å². The molecule has 2 atom stereocenters. The van der Waals surface area contributed by atoms with Crippen molar-refractivity contribution in [2.45, 2.75) is 38.6 Å². The third-order valence-corrected chi connectivity index (χ3v) is 3.90. The van der Waals surface area contributed by atoms with Gasteiger partial charge in [-0.2, -0.15) is 0 Å². The maximum atomic E-state index is 13.8.